The Balaban J connectivity index is 4.87. The van der Waals surface area contributed by atoms with E-state index in [0.29, 0.717) is 12.8 Å². The number of nitrogens with zero attached hydrogens (tertiary/aromatic N) is 3. The van der Waals surface area contributed by atoms with Gasteiger partial charge in [-0.1, -0.05) is 5.11 Å². The number of unbranched alkanes of at least 4 members (excludes halogenated alkanes) is 1. The number of hydrogen-bond donors (Lipinski definition) is 5. The fraction of sp³-hybridized carbons (Fsp3) is 0.722. The lowest BCUT2D eigenvalue weighted by Crippen LogP contribution is -2.52. The number of rotatable bonds is 14. The molecule has 2 atom stereocenters. The van der Waals surface area contributed by atoms with E-state index in [-0.39, 0.29) is 25.9 Å². The van der Waals surface area contributed by atoms with Crippen LogP contribution in [0.5, 0.6) is 0 Å². The first-order valence-corrected chi connectivity index (χ1v) is 9.87. The lowest BCUT2D eigenvalue weighted by Gasteiger charge is -2.25. The van der Waals surface area contributed by atoms with E-state index in [1.165, 1.54) is 0 Å². The standard InChI is InChI=1S/C18H30N6O8/c1-18(2,3)32-16(30)12(6-4-5-9-20-13(25)10-21-24-19)23-17(31)22-11(15(28)29)7-8-14(26)27/h11-12H,4-10H2,1-3H3,(H,20,25)(H,26,27)(H,28,29)(H2,22,23,31). The molecule has 0 aromatic rings. The fourth-order valence-electron chi connectivity index (χ4n) is 2.36. The van der Waals surface area contributed by atoms with Gasteiger partial charge in [0, 0.05) is 17.9 Å². The van der Waals surface area contributed by atoms with Gasteiger partial charge in [0.1, 0.15) is 24.2 Å². The third-order valence-electron chi connectivity index (χ3n) is 3.77. The predicted molar refractivity (Wildman–Crippen MR) is 110 cm³/mol. The Bertz CT molecular complexity index is 729. The van der Waals surface area contributed by atoms with Gasteiger partial charge in [-0.05, 0) is 52.0 Å². The largest absolute Gasteiger partial charge is 0.481 e. The van der Waals surface area contributed by atoms with Gasteiger partial charge >= 0.3 is 23.9 Å². The van der Waals surface area contributed by atoms with Gasteiger partial charge < -0.3 is 30.9 Å². The van der Waals surface area contributed by atoms with Crippen LogP contribution in [0.2, 0.25) is 0 Å². The van der Waals surface area contributed by atoms with Crippen LogP contribution in [0.25, 0.3) is 10.4 Å². The molecule has 0 radical (unpaired) electrons. The maximum absolute atomic E-state index is 12.4. The number of urea groups is 1. The van der Waals surface area contributed by atoms with E-state index >= 15 is 0 Å². The molecule has 0 saturated carbocycles. The van der Waals surface area contributed by atoms with Crippen molar-refractivity contribution in [2.75, 3.05) is 13.1 Å². The van der Waals surface area contributed by atoms with Gasteiger partial charge in [-0.2, -0.15) is 0 Å². The topological polar surface area (TPSA) is 220 Å². The van der Waals surface area contributed by atoms with Crippen LogP contribution >= 0.6 is 0 Å². The van der Waals surface area contributed by atoms with E-state index in [9.17, 15) is 24.0 Å². The summed E-state index contributed by atoms with van der Waals surface area (Å²) in [5.41, 5.74) is 7.34. The highest BCUT2D eigenvalue weighted by molar-refractivity contribution is 5.87. The number of amides is 3. The normalized spacial score (nSPS) is 12.5. The van der Waals surface area contributed by atoms with Gasteiger partial charge in [-0.25, -0.2) is 14.4 Å². The number of carbonyl (C=O) groups excluding carboxylic acids is 3. The van der Waals surface area contributed by atoms with Gasteiger partial charge in [0.25, 0.3) is 0 Å². The average molecular weight is 458 g/mol. The fourth-order valence-corrected chi connectivity index (χ4v) is 2.36. The van der Waals surface area contributed by atoms with E-state index in [2.05, 4.69) is 26.0 Å². The van der Waals surface area contributed by atoms with E-state index in [1.54, 1.807) is 20.8 Å². The number of carboxylic acid groups (broad SMARTS) is 2. The zero-order valence-corrected chi connectivity index (χ0v) is 18.3. The Morgan fingerprint density at radius 2 is 1.66 bits per heavy atom. The van der Waals surface area contributed by atoms with Gasteiger partial charge in [0.2, 0.25) is 5.91 Å². The summed E-state index contributed by atoms with van der Waals surface area (Å²) in [7, 11) is 0. The molecule has 32 heavy (non-hydrogen) atoms. The van der Waals surface area contributed by atoms with Crippen LogP contribution in [0.4, 0.5) is 4.79 Å². The molecule has 0 saturated heterocycles. The molecule has 0 heterocycles. The van der Waals surface area contributed by atoms with Crippen molar-refractivity contribution in [1.82, 2.24) is 16.0 Å². The third kappa shape index (κ3) is 14.4. The second-order valence-electron chi connectivity index (χ2n) is 7.76. The average Bonchev–Trinajstić information content (AvgIpc) is 2.66. The predicted octanol–water partition coefficient (Wildman–Crippen LogP) is 0.911. The first-order chi connectivity index (χ1) is 14.9. The number of esters is 1. The summed E-state index contributed by atoms with van der Waals surface area (Å²) in [4.78, 5) is 60.4. The van der Waals surface area contributed by atoms with Crippen LogP contribution in [0.15, 0.2) is 5.11 Å². The number of carbonyl (C=O) groups is 5. The Morgan fingerprint density at radius 1 is 1.03 bits per heavy atom. The summed E-state index contributed by atoms with van der Waals surface area (Å²) in [6, 6.07) is -3.50. The summed E-state index contributed by atoms with van der Waals surface area (Å²) in [5, 5.41) is 28.0. The quantitative estimate of drug-likeness (QED) is 0.0825. The van der Waals surface area contributed by atoms with Crippen molar-refractivity contribution < 1.29 is 38.9 Å². The van der Waals surface area contributed by atoms with E-state index in [1.807, 2.05) is 0 Å². The molecule has 14 heteroatoms. The molecule has 0 aromatic heterocycles. The molecule has 0 aromatic carbocycles. The van der Waals surface area contributed by atoms with E-state index in [0.717, 1.165) is 0 Å². The smallest absolute Gasteiger partial charge is 0.329 e. The molecule has 14 nitrogen and oxygen atoms in total. The minimum Gasteiger partial charge on any atom is -0.481 e. The Kier molecular flexibility index (Phi) is 12.9. The zero-order chi connectivity index (χ0) is 24.7. The van der Waals surface area contributed by atoms with Crippen LogP contribution in [0, 0.1) is 0 Å². The molecule has 3 amide bonds. The van der Waals surface area contributed by atoms with Gasteiger partial charge in [-0.3, -0.25) is 9.59 Å². The van der Waals surface area contributed by atoms with Crippen LogP contribution in [-0.4, -0.2) is 70.8 Å². The molecule has 0 bridgehead atoms. The van der Waals surface area contributed by atoms with Gasteiger partial charge in [0.15, 0.2) is 0 Å². The molecule has 5 N–H and O–H groups in total. The van der Waals surface area contributed by atoms with Crippen molar-refractivity contribution in [3.63, 3.8) is 0 Å². The van der Waals surface area contributed by atoms with E-state index < -0.39 is 54.0 Å². The minimum absolute atomic E-state index is 0.140. The van der Waals surface area contributed by atoms with Crippen molar-refractivity contribution in [1.29, 1.82) is 0 Å². The molecule has 180 valence electrons. The van der Waals surface area contributed by atoms with Crippen molar-refractivity contribution in [2.45, 2.75) is 70.6 Å². The summed E-state index contributed by atoms with van der Waals surface area (Å²) in [6.45, 7) is 4.86. The maximum Gasteiger partial charge on any atom is 0.329 e. The molecule has 0 aliphatic heterocycles. The number of ether oxygens (including phenoxy) is 1. The molecular weight excluding hydrogens is 428 g/mol. The van der Waals surface area contributed by atoms with Crippen molar-refractivity contribution in [2.24, 2.45) is 5.11 Å². The van der Waals surface area contributed by atoms with Crippen LogP contribution in [0.3, 0.4) is 0 Å². The number of nitrogens with one attached hydrogen (secondary N) is 3. The summed E-state index contributed by atoms with van der Waals surface area (Å²) < 4.78 is 5.28. The molecule has 0 aliphatic rings. The van der Waals surface area contributed by atoms with E-state index in [4.69, 9.17) is 20.5 Å². The second-order valence-corrected chi connectivity index (χ2v) is 7.76. The van der Waals surface area contributed by atoms with Gasteiger partial charge in [-0.15, -0.1) is 0 Å². The van der Waals surface area contributed by atoms with Crippen molar-refractivity contribution >= 4 is 29.8 Å². The molecule has 0 spiro atoms. The first-order valence-electron chi connectivity index (χ1n) is 9.87. The number of aliphatic carboxylic acids is 2. The Labute approximate surface area is 184 Å². The Hall–Kier alpha value is -3.54. The molecule has 2 unspecified atom stereocenters. The van der Waals surface area contributed by atoms with Crippen LogP contribution < -0.4 is 16.0 Å². The summed E-state index contributed by atoms with van der Waals surface area (Å²) >= 11 is 0. The lowest BCUT2D eigenvalue weighted by molar-refractivity contribution is -0.157. The summed E-state index contributed by atoms with van der Waals surface area (Å²) in [6.07, 6.45) is 0.193. The summed E-state index contributed by atoms with van der Waals surface area (Å²) in [5.74, 6) is -3.80. The van der Waals surface area contributed by atoms with Crippen molar-refractivity contribution in [3.8, 4) is 0 Å². The second kappa shape index (κ2) is 14.5. The maximum atomic E-state index is 12.4. The highest BCUT2D eigenvalue weighted by atomic mass is 16.6. The monoisotopic (exact) mass is 458 g/mol. The molecule has 0 rings (SSSR count). The SMILES string of the molecule is CC(C)(C)OC(=O)C(CCCCNC(=O)CN=[N+]=[N-])NC(=O)NC(CCC(=O)O)C(=O)O. The number of carboxylic acids is 2. The number of hydrogen-bond acceptors (Lipinski definition) is 7. The highest BCUT2D eigenvalue weighted by Gasteiger charge is 2.28. The van der Waals surface area contributed by atoms with Crippen molar-refractivity contribution in [3.05, 3.63) is 10.4 Å². The zero-order valence-electron chi connectivity index (χ0n) is 18.3. The number of azide groups is 1. The van der Waals surface area contributed by atoms with Crippen LogP contribution in [0.1, 0.15) is 52.9 Å². The van der Waals surface area contributed by atoms with Gasteiger partial charge in [0.05, 0.1) is 0 Å². The minimum atomic E-state index is -1.45. The lowest BCUT2D eigenvalue weighted by atomic mass is 10.1. The van der Waals surface area contributed by atoms with Crippen LogP contribution in [-0.2, 0) is 23.9 Å². The molecule has 0 aliphatic carbocycles. The Morgan fingerprint density at radius 3 is 2.19 bits per heavy atom. The highest BCUT2D eigenvalue weighted by Crippen LogP contribution is 2.11. The third-order valence-corrected chi connectivity index (χ3v) is 3.77. The molecule has 0 fully saturated rings. The first kappa shape index (κ1) is 28.5. The molecular formula is C18H30N6O8.